The highest BCUT2D eigenvalue weighted by Crippen LogP contribution is 2.21. The zero-order valence-corrected chi connectivity index (χ0v) is 10.6. The molecule has 0 saturated carbocycles. The molecule has 0 saturated heterocycles. The molecule has 0 fully saturated rings. The Kier molecular flexibility index (Phi) is 4.55. The van der Waals surface area contributed by atoms with E-state index in [1.165, 1.54) is 5.56 Å². The summed E-state index contributed by atoms with van der Waals surface area (Å²) in [5.74, 6) is 1.53. The summed E-state index contributed by atoms with van der Waals surface area (Å²) >= 11 is 7.55. The standard InChI is InChI=1S/C11H13BrOS/c1-8(7-14)6-13-10-3-4-11(12)9(2)5-10/h3-5,14H,1,6-7H2,2H3. The maximum atomic E-state index is 5.53. The summed E-state index contributed by atoms with van der Waals surface area (Å²) in [4.78, 5) is 0. The van der Waals surface area contributed by atoms with Crippen LogP contribution in [-0.4, -0.2) is 12.4 Å². The van der Waals surface area contributed by atoms with Crippen molar-refractivity contribution in [1.82, 2.24) is 0 Å². The van der Waals surface area contributed by atoms with Gasteiger partial charge in [0.25, 0.3) is 0 Å². The van der Waals surface area contributed by atoms with Gasteiger partial charge in [-0.15, -0.1) is 0 Å². The molecule has 0 aliphatic heterocycles. The van der Waals surface area contributed by atoms with Gasteiger partial charge in [-0.3, -0.25) is 0 Å². The molecule has 0 bridgehead atoms. The quantitative estimate of drug-likeness (QED) is 0.651. The topological polar surface area (TPSA) is 9.23 Å². The molecule has 1 nitrogen and oxygen atoms in total. The lowest BCUT2D eigenvalue weighted by Gasteiger charge is -2.08. The van der Waals surface area contributed by atoms with Gasteiger partial charge in [0.2, 0.25) is 0 Å². The fourth-order valence-electron chi connectivity index (χ4n) is 0.938. The number of hydrogen-bond donors (Lipinski definition) is 1. The van der Waals surface area contributed by atoms with Crippen molar-refractivity contribution in [3.8, 4) is 5.75 Å². The lowest BCUT2D eigenvalue weighted by Crippen LogP contribution is -2.01. The summed E-state index contributed by atoms with van der Waals surface area (Å²) in [7, 11) is 0. The van der Waals surface area contributed by atoms with E-state index >= 15 is 0 Å². The van der Waals surface area contributed by atoms with E-state index in [0.29, 0.717) is 12.4 Å². The second kappa shape index (κ2) is 5.47. The average Bonchev–Trinajstić information content (AvgIpc) is 2.19. The average molecular weight is 273 g/mol. The summed E-state index contributed by atoms with van der Waals surface area (Å²) < 4.78 is 6.62. The first-order valence-electron chi connectivity index (χ1n) is 4.30. The Labute approximate surface area is 98.7 Å². The van der Waals surface area contributed by atoms with Crippen molar-refractivity contribution in [2.45, 2.75) is 6.92 Å². The molecule has 0 amide bonds. The van der Waals surface area contributed by atoms with Gasteiger partial charge < -0.3 is 4.74 Å². The molecule has 0 heterocycles. The molecule has 76 valence electrons. The zero-order valence-electron chi connectivity index (χ0n) is 8.09. The third-order valence-electron chi connectivity index (χ3n) is 1.80. The molecule has 0 aliphatic carbocycles. The molecular formula is C11H13BrOS. The van der Waals surface area contributed by atoms with Gasteiger partial charge in [0.1, 0.15) is 12.4 Å². The molecule has 1 aromatic rings. The van der Waals surface area contributed by atoms with E-state index < -0.39 is 0 Å². The molecule has 1 aromatic carbocycles. The minimum Gasteiger partial charge on any atom is -0.489 e. The Bertz CT molecular complexity index is 336. The van der Waals surface area contributed by atoms with Crippen LogP contribution < -0.4 is 4.74 Å². The third-order valence-corrected chi connectivity index (χ3v) is 3.13. The van der Waals surface area contributed by atoms with Crippen LogP contribution in [0.25, 0.3) is 0 Å². The Morgan fingerprint density at radius 2 is 2.29 bits per heavy atom. The van der Waals surface area contributed by atoms with Crippen LogP contribution >= 0.6 is 28.6 Å². The van der Waals surface area contributed by atoms with Crippen LogP contribution in [0.4, 0.5) is 0 Å². The zero-order chi connectivity index (χ0) is 10.6. The Hall–Kier alpha value is -0.410. The van der Waals surface area contributed by atoms with Crippen molar-refractivity contribution < 1.29 is 4.74 Å². The number of rotatable bonds is 4. The van der Waals surface area contributed by atoms with Crippen LogP contribution in [0.1, 0.15) is 5.56 Å². The molecule has 14 heavy (non-hydrogen) atoms. The lowest BCUT2D eigenvalue weighted by molar-refractivity contribution is 0.353. The number of thiol groups is 1. The molecule has 1 rings (SSSR count). The number of aryl methyl sites for hydroxylation is 1. The van der Waals surface area contributed by atoms with E-state index in [9.17, 15) is 0 Å². The molecule has 0 unspecified atom stereocenters. The highest BCUT2D eigenvalue weighted by atomic mass is 79.9. The molecule has 0 aliphatic rings. The summed E-state index contributed by atoms with van der Waals surface area (Å²) in [6.45, 7) is 6.38. The Balaban J connectivity index is 2.60. The molecule has 0 aromatic heterocycles. The Morgan fingerprint density at radius 1 is 1.57 bits per heavy atom. The van der Waals surface area contributed by atoms with E-state index in [0.717, 1.165) is 15.8 Å². The van der Waals surface area contributed by atoms with Gasteiger partial charge in [0.15, 0.2) is 0 Å². The van der Waals surface area contributed by atoms with Gasteiger partial charge in [-0.1, -0.05) is 22.5 Å². The minimum absolute atomic E-state index is 0.532. The van der Waals surface area contributed by atoms with E-state index in [1.807, 2.05) is 25.1 Å². The van der Waals surface area contributed by atoms with E-state index in [4.69, 9.17) is 4.74 Å². The van der Waals surface area contributed by atoms with E-state index in [-0.39, 0.29) is 0 Å². The molecular weight excluding hydrogens is 260 g/mol. The van der Waals surface area contributed by atoms with Crippen molar-refractivity contribution in [3.63, 3.8) is 0 Å². The van der Waals surface area contributed by atoms with E-state index in [2.05, 4.69) is 35.1 Å². The Morgan fingerprint density at radius 3 is 2.86 bits per heavy atom. The van der Waals surface area contributed by atoms with Gasteiger partial charge in [0.05, 0.1) is 0 Å². The highest BCUT2D eigenvalue weighted by Gasteiger charge is 1.98. The monoisotopic (exact) mass is 272 g/mol. The van der Waals surface area contributed by atoms with Gasteiger partial charge in [-0.25, -0.2) is 0 Å². The summed E-state index contributed by atoms with van der Waals surface area (Å²) in [6, 6.07) is 5.91. The second-order valence-corrected chi connectivity index (χ2v) is 4.28. The molecule has 0 spiro atoms. The van der Waals surface area contributed by atoms with Crippen LogP contribution in [0.2, 0.25) is 0 Å². The number of ether oxygens (including phenoxy) is 1. The summed E-state index contributed by atoms with van der Waals surface area (Å²) in [6.07, 6.45) is 0. The van der Waals surface area contributed by atoms with Gasteiger partial charge >= 0.3 is 0 Å². The van der Waals surface area contributed by atoms with Gasteiger partial charge in [-0.2, -0.15) is 12.6 Å². The maximum Gasteiger partial charge on any atom is 0.120 e. The number of hydrogen-bond acceptors (Lipinski definition) is 2. The van der Waals surface area contributed by atoms with Crippen LogP contribution in [0.3, 0.4) is 0 Å². The predicted molar refractivity (Wildman–Crippen MR) is 67.4 cm³/mol. The predicted octanol–water partition coefficient (Wildman–Crippen LogP) is 3.62. The van der Waals surface area contributed by atoms with Crippen LogP contribution in [0, 0.1) is 6.92 Å². The number of benzene rings is 1. The first-order valence-corrected chi connectivity index (χ1v) is 5.72. The third kappa shape index (κ3) is 3.39. The smallest absolute Gasteiger partial charge is 0.120 e. The fourth-order valence-corrected chi connectivity index (χ4v) is 1.28. The summed E-state index contributed by atoms with van der Waals surface area (Å²) in [5, 5.41) is 0. The lowest BCUT2D eigenvalue weighted by atomic mass is 10.2. The highest BCUT2D eigenvalue weighted by molar-refractivity contribution is 9.10. The van der Waals surface area contributed by atoms with Crippen LogP contribution in [0.5, 0.6) is 5.75 Å². The number of halogens is 1. The maximum absolute atomic E-state index is 5.53. The minimum atomic E-state index is 0.532. The van der Waals surface area contributed by atoms with Crippen LogP contribution in [0.15, 0.2) is 34.8 Å². The van der Waals surface area contributed by atoms with Crippen molar-refractivity contribution >= 4 is 28.6 Å². The van der Waals surface area contributed by atoms with Crippen LogP contribution in [-0.2, 0) is 0 Å². The first kappa shape index (κ1) is 11.7. The molecule has 0 atom stereocenters. The van der Waals surface area contributed by atoms with Gasteiger partial charge in [0, 0.05) is 10.2 Å². The summed E-state index contributed by atoms with van der Waals surface area (Å²) in [5.41, 5.74) is 2.15. The van der Waals surface area contributed by atoms with Crippen molar-refractivity contribution in [3.05, 3.63) is 40.4 Å². The van der Waals surface area contributed by atoms with Gasteiger partial charge in [-0.05, 0) is 36.3 Å². The van der Waals surface area contributed by atoms with Crippen molar-refractivity contribution in [2.75, 3.05) is 12.4 Å². The molecule has 0 N–H and O–H groups in total. The first-order chi connectivity index (χ1) is 6.63. The SMILES string of the molecule is C=C(CS)COc1ccc(Br)c(C)c1. The molecule has 3 heteroatoms. The van der Waals surface area contributed by atoms with Crippen molar-refractivity contribution in [2.24, 2.45) is 0 Å². The second-order valence-electron chi connectivity index (χ2n) is 3.11. The van der Waals surface area contributed by atoms with E-state index in [1.54, 1.807) is 0 Å². The molecule has 0 radical (unpaired) electrons. The normalized spacial score (nSPS) is 9.93. The van der Waals surface area contributed by atoms with Crippen molar-refractivity contribution in [1.29, 1.82) is 0 Å². The largest absolute Gasteiger partial charge is 0.489 e. The fraction of sp³-hybridized carbons (Fsp3) is 0.273.